The molecule has 0 radical (unpaired) electrons. The molecule has 1 aromatic heterocycles. The van der Waals surface area contributed by atoms with Crippen molar-refractivity contribution in [3.8, 4) is 6.07 Å². The van der Waals surface area contributed by atoms with Crippen LogP contribution in [0.2, 0.25) is 0 Å². The topological polar surface area (TPSA) is 60.1 Å². The SMILES string of the molecule is Cc1cc(N2CCC(C(C)O)CC2)c(C#N)c(C)n1. The van der Waals surface area contributed by atoms with E-state index in [0.29, 0.717) is 11.5 Å². The molecule has 0 saturated carbocycles. The van der Waals surface area contributed by atoms with Crippen LogP contribution in [-0.4, -0.2) is 29.3 Å². The van der Waals surface area contributed by atoms with Gasteiger partial charge >= 0.3 is 0 Å². The van der Waals surface area contributed by atoms with Crippen LogP contribution in [0.4, 0.5) is 5.69 Å². The van der Waals surface area contributed by atoms with E-state index in [1.54, 1.807) is 0 Å². The third kappa shape index (κ3) is 2.87. The maximum atomic E-state index is 9.64. The minimum Gasteiger partial charge on any atom is -0.393 e. The highest BCUT2D eigenvalue weighted by molar-refractivity contribution is 5.61. The van der Waals surface area contributed by atoms with Gasteiger partial charge in [0, 0.05) is 18.8 Å². The number of aliphatic hydroxyl groups excluding tert-OH is 1. The zero-order chi connectivity index (χ0) is 14.0. The summed E-state index contributed by atoms with van der Waals surface area (Å²) in [7, 11) is 0. The van der Waals surface area contributed by atoms with Gasteiger partial charge in [0.05, 0.1) is 23.0 Å². The van der Waals surface area contributed by atoms with Gasteiger partial charge in [-0.3, -0.25) is 4.98 Å². The first-order valence-corrected chi connectivity index (χ1v) is 6.84. The highest BCUT2D eigenvalue weighted by Gasteiger charge is 2.24. The van der Waals surface area contributed by atoms with Crippen LogP contribution in [0, 0.1) is 31.1 Å². The van der Waals surface area contributed by atoms with Crippen molar-refractivity contribution in [3.63, 3.8) is 0 Å². The van der Waals surface area contributed by atoms with Gasteiger partial charge in [-0.2, -0.15) is 5.26 Å². The monoisotopic (exact) mass is 259 g/mol. The lowest BCUT2D eigenvalue weighted by Gasteiger charge is -2.35. The second-order valence-corrected chi connectivity index (χ2v) is 5.42. The first-order chi connectivity index (χ1) is 9.02. The highest BCUT2D eigenvalue weighted by Crippen LogP contribution is 2.29. The molecule has 0 amide bonds. The zero-order valence-electron chi connectivity index (χ0n) is 11.8. The van der Waals surface area contributed by atoms with Crippen molar-refractivity contribution in [1.82, 2.24) is 4.98 Å². The van der Waals surface area contributed by atoms with Crippen LogP contribution < -0.4 is 4.90 Å². The largest absolute Gasteiger partial charge is 0.393 e. The lowest BCUT2D eigenvalue weighted by molar-refractivity contribution is 0.110. The number of anilines is 1. The van der Waals surface area contributed by atoms with Crippen molar-refractivity contribution < 1.29 is 5.11 Å². The Morgan fingerprint density at radius 1 is 1.42 bits per heavy atom. The van der Waals surface area contributed by atoms with Crippen LogP contribution in [0.15, 0.2) is 6.07 Å². The molecule has 1 fully saturated rings. The Kier molecular flexibility index (Phi) is 4.06. The van der Waals surface area contributed by atoms with Gasteiger partial charge in [0.2, 0.25) is 0 Å². The lowest BCUT2D eigenvalue weighted by Crippen LogP contribution is -2.37. The Bertz CT molecular complexity index is 497. The second-order valence-electron chi connectivity index (χ2n) is 5.42. The third-order valence-electron chi connectivity index (χ3n) is 3.98. The number of aryl methyl sites for hydroxylation is 2. The number of aromatic nitrogens is 1. The van der Waals surface area contributed by atoms with Crippen molar-refractivity contribution in [1.29, 1.82) is 5.26 Å². The molecule has 1 saturated heterocycles. The Balaban J connectivity index is 2.22. The van der Waals surface area contributed by atoms with Gasteiger partial charge in [0.25, 0.3) is 0 Å². The summed E-state index contributed by atoms with van der Waals surface area (Å²) in [6, 6.07) is 4.26. The molecule has 0 aliphatic carbocycles. The first-order valence-electron chi connectivity index (χ1n) is 6.84. The third-order valence-corrected chi connectivity index (χ3v) is 3.98. The van der Waals surface area contributed by atoms with E-state index < -0.39 is 0 Å². The number of hydrogen-bond donors (Lipinski definition) is 1. The molecule has 0 spiro atoms. The van der Waals surface area contributed by atoms with E-state index >= 15 is 0 Å². The molecule has 1 aromatic rings. The molecule has 2 heterocycles. The number of pyridine rings is 1. The second kappa shape index (κ2) is 5.58. The van der Waals surface area contributed by atoms with E-state index in [-0.39, 0.29) is 6.10 Å². The van der Waals surface area contributed by atoms with Crippen LogP contribution >= 0.6 is 0 Å². The molecule has 1 aliphatic heterocycles. The normalized spacial score (nSPS) is 18.2. The van der Waals surface area contributed by atoms with Gasteiger partial charge in [-0.25, -0.2) is 0 Å². The predicted molar refractivity (Wildman–Crippen MR) is 75.0 cm³/mol. The molecule has 1 unspecified atom stereocenters. The summed E-state index contributed by atoms with van der Waals surface area (Å²) < 4.78 is 0. The smallest absolute Gasteiger partial charge is 0.103 e. The van der Waals surface area contributed by atoms with E-state index in [4.69, 9.17) is 0 Å². The summed E-state index contributed by atoms with van der Waals surface area (Å²) in [5, 5.41) is 18.9. The fraction of sp³-hybridized carbons (Fsp3) is 0.600. The molecule has 19 heavy (non-hydrogen) atoms. The van der Waals surface area contributed by atoms with Crippen molar-refractivity contribution in [2.24, 2.45) is 5.92 Å². The molecule has 102 valence electrons. The Labute approximate surface area is 114 Å². The Morgan fingerprint density at radius 3 is 2.58 bits per heavy atom. The minimum atomic E-state index is -0.238. The molecule has 0 bridgehead atoms. The fourth-order valence-electron chi connectivity index (χ4n) is 2.82. The molecule has 4 nitrogen and oxygen atoms in total. The summed E-state index contributed by atoms with van der Waals surface area (Å²) in [5.41, 5.74) is 3.43. The molecule has 1 N–H and O–H groups in total. The van der Waals surface area contributed by atoms with E-state index in [2.05, 4.69) is 16.0 Å². The fourth-order valence-corrected chi connectivity index (χ4v) is 2.82. The molecule has 4 heteroatoms. The summed E-state index contributed by atoms with van der Waals surface area (Å²) in [4.78, 5) is 6.60. The summed E-state index contributed by atoms with van der Waals surface area (Å²) >= 11 is 0. The highest BCUT2D eigenvalue weighted by atomic mass is 16.3. The maximum Gasteiger partial charge on any atom is 0.103 e. The van der Waals surface area contributed by atoms with Gasteiger partial charge in [-0.1, -0.05) is 0 Å². The van der Waals surface area contributed by atoms with Gasteiger partial charge in [0.1, 0.15) is 6.07 Å². The maximum absolute atomic E-state index is 9.64. The summed E-state index contributed by atoms with van der Waals surface area (Å²) in [6.45, 7) is 7.50. The quantitative estimate of drug-likeness (QED) is 0.884. The number of nitrogens with zero attached hydrogens (tertiary/aromatic N) is 3. The number of nitriles is 1. The van der Waals surface area contributed by atoms with Crippen molar-refractivity contribution in [2.45, 2.75) is 39.7 Å². The van der Waals surface area contributed by atoms with Gasteiger partial charge in [0.15, 0.2) is 0 Å². The molecule has 1 atom stereocenters. The number of piperidine rings is 1. The van der Waals surface area contributed by atoms with E-state index in [1.165, 1.54) is 0 Å². The minimum absolute atomic E-state index is 0.238. The average Bonchev–Trinajstić information content (AvgIpc) is 2.38. The predicted octanol–water partition coefficient (Wildman–Crippen LogP) is 2.17. The van der Waals surface area contributed by atoms with Crippen LogP contribution in [0.3, 0.4) is 0 Å². The lowest BCUT2D eigenvalue weighted by atomic mass is 9.91. The standard InChI is InChI=1S/C15H21N3O/c1-10-8-15(14(9-16)11(2)17-10)18-6-4-13(5-7-18)12(3)19/h8,12-13,19H,4-7H2,1-3H3. The zero-order valence-corrected chi connectivity index (χ0v) is 11.8. The van der Waals surface area contributed by atoms with Crippen molar-refractivity contribution >= 4 is 5.69 Å². The Hall–Kier alpha value is -1.60. The van der Waals surface area contributed by atoms with Crippen molar-refractivity contribution in [2.75, 3.05) is 18.0 Å². The number of aliphatic hydroxyl groups is 1. The summed E-state index contributed by atoms with van der Waals surface area (Å²) in [5.74, 6) is 0.380. The molecule has 0 aromatic carbocycles. The van der Waals surface area contributed by atoms with Crippen LogP contribution in [0.25, 0.3) is 0 Å². The van der Waals surface area contributed by atoms with Gasteiger partial charge in [-0.05, 0) is 45.6 Å². The van der Waals surface area contributed by atoms with E-state index in [0.717, 1.165) is 43.0 Å². The summed E-state index contributed by atoms with van der Waals surface area (Å²) in [6.07, 6.45) is 1.71. The van der Waals surface area contributed by atoms with E-state index in [1.807, 2.05) is 26.8 Å². The van der Waals surface area contributed by atoms with E-state index in [9.17, 15) is 10.4 Å². The number of hydrogen-bond acceptors (Lipinski definition) is 4. The van der Waals surface area contributed by atoms with Crippen molar-refractivity contribution in [3.05, 3.63) is 23.0 Å². The van der Waals surface area contributed by atoms with Crippen LogP contribution in [0.5, 0.6) is 0 Å². The van der Waals surface area contributed by atoms with Crippen LogP contribution in [-0.2, 0) is 0 Å². The first kappa shape index (κ1) is 13.8. The van der Waals surface area contributed by atoms with Crippen LogP contribution in [0.1, 0.15) is 36.7 Å². The molecule has 2 rings (SSSR count). The number of rotatable bonds is 2. The average molecular weight is 259 g/mol. The van der Waals surface area contributed by atoms with Gasteiger partial charge < -0.3 is 10.0 Å². The molecule has 1 aliphatic rings. The van der Waals surface area contributed by atoms with Gasteiger partial charge in [-0.15, -0.1) is 0 Å². The molecular weight excluding hydrogens is 238 g/mol. The molecular formula is C15H21N3O. The Morgan fingerprint density at radius 2 is 2.05 bits per heavy atom.